The van der Waals surface area contributed by atoms with Crippen molar-refractivity contribution in [3.63, 3.8) is 0 Å². The molecule has 0 heterocycles. The van der Waals surface area contributed by atoms with E-state index in [4.69, 9.17) is 29.2 Å². The third-order valence-electron chi connectivity index (χ3n) is 9.71. The van der Waals surface area contributed by atoms with Crippen molar-refractivity contribution < 1.29 is 38.7 Å². The molecule has 2 N–H and O–H groups in total. The van der Waals surface area contributed by atoms with Gasteiger partial charge < -0.3 is 29.2 Å². The minimum Gasteiger partial charge on any atom is -0.457 e. The number of hydrogen-bond donors (Lipinski definition) is 2. The number of aliphatic hydroxyl groups is 2. The van der Waals surface area contributed by atoms with Gasteiger partial charge in [-0.25, -0.2) is 9.59 Å². The molecule has 0 bridgehead atoms. The predicted octanol–water partition coefficient (Wildman–Crippen LogP) is 9.01. The van der Waals surface area contributed by atoms with Gasteiger partial charge in [0.05, 0.1) is 24.4 Å². The van der Waals surface area contributed by atoms with E-state index in [9.17, 15) is 9.59 Å². The quantitative estimate of drug-likeness (QED) is 0.0485. The molecule has 0 saturated heterocycles. The normalized spacial score (nSPS) is 15.7. The van der Waals surface area contributed by atoms with Gasteiger partial charge in [0.15, 0.2) is 0 Å². The van der Waals surface area contributed by atoms with Gasteiger partial charge >= 0.3 is 11.9 Å². The van der Waals surface area contributed by atoms with Crippen molar-refractivity contribution in [1.82, 2.24) is 0 Å². The Morgan fingerprint density at radius 1 is 0.620 bits per heavy atom. The molecular formula is C42H60O8. The summed E-state index contributed by atoms with van der Waals surface area (Å²) in [5.74, 6) is 1.09. The van der Waals surface area contributed by atoms with Crippen LogP contribution in [-0.2, 0) is 31.9 Å². The number of rotatable bonds is 24. The van der Waals surface area contributed by atoms with Crippen molar-refractivity contribution in [3.05, 3.63) is 83.0 Å². The van der Waals surface area contributed by atoms with E-state index in [1.165, 1.54) is 62.5 Å². The fourth-order valence-corrected chi connectivity index (χ4v) is 6.60. The van der Waals surface area contributed by atoms with Gasteiger partial charge in [0.25, 0.3) is 0 Å². The Balaban J connectivity index is 1.66. The van der Waals surface area contributed by atoms with E-state index >= 15 is 0 Å². The molecule has 0 aromatic heterocycles. The van der Waals surface area contributed by atoms with Gasteiger partial charge in [-0.3, -0.25) is 0 Å². The van der Waals surface area contributed by atoms with Crippen LogP contribution in [0, 0.1) is 0 Å². The highest BCUT2D eigenvalue weighted by atomic mass is 16.7. The summed E-state index contributed by atoms with van der Waals surface area (Å²) >= 11 is 0. The second-order valence-electron chi connectivity index (χ2n) is 13.5. The van der Waals surface area contributed by atoms with Gasteiger partial charge in [-0.05, 0) is 97.6 Å². The Morgan fingerprint density at radius 2 is 1.00 bits per heavy atom. The molecule has 2 aromatic carbocycles. The second kappa shape index (κ2) is 23.0. The number of aryl methyl sites for hydroxylation is 2. The molecule has 0 radical (unpaired) electrons. The largest absolute Gasteiger partial charge is 0.457 e. The number of unbranched alkanes of at least 4 members (excludes halogenated alkanes) is 8. The van der Waals surface area contributed by atoms with Crippen LogP contribution in [0.1, 0.15) is 138 Å². The number of hydrogen-bond acceptors (Lipinski definition) is 8. The number of esters is 2. The van der Waals surface area contributed by atoms with Crippen molar-refractivity contribution in [2.75, 3.05) is 26.8 Å². The van der Waals surface area contributed by atoms with E-state index in [-0.39, 0.29) is 24.7 Å². The Morgan fingerprint density at radius 3 is 1.36 bits per heavy atom. The van der Waals surface area contributed by atoms with Crippen LogP contribution in [0.3, 0.4) is 0 Å². The van der Waals surface area contributed by atoms with Crippen LogP contribution >= 0.6 is 0 Å². The standard InChI is InChI=1S/C42H60O8/c1-5-7-9-11-13-15-37-25-35(21-23-39(37)47-29-49-41(45)31(3)27-43)33-17-19-34(20-18-33)36-22-24-40(48-30-50-42(46)32(4)28-44)38(26-36)16-14-12-10-8-6-2/h21-26,33-34,43-44H,3-20,27-30H2,1-2H3. The molecule has 50 heavy (non-hydrogen) atoms. The first-order valence-corrected chi connectivity index (χ1v) is 18.7. The fourth-order valence-electron chi connectivity index (χ4n) is 6.60. The van der Waals surface area contributed by atoms with E-state index in [2.05, 4.69) is 51.3 Å². The number of benzene rings is 2. The highest BCUT2D eigenvalue weighted by molar-refractivity contribution is 5.88. The summed E-state index contributed by atoms with van der Waals surface area (Å²) in [4.78, 5) is 23.9. The minimum atomic E-state index is -0.658. The van der Waals surface area contributed by atoms with Crippen LogP contribution in [0.4, 0.5) is 0 Å². The number of carbonyl (C=O) groups is 2. The Kier molecular flexibility index (Phi) is 18.7. The van der Waals surface area contributed by atoms with Crippen molar-refractivity contribution in [2.45, 2.75) is 128 Å². The Labute approximate surface area is 299 Å². The molecule has 1 saturated carbocycles. The lowest BCUT2D eigenvalue weighted by Gasteiger charge is -2.30. The summed E-state index contributed by atoms with van der Waals surface area (Å²) in [5.41, 5.74) is 4.96. The van der Waals surface area contributed by atoms with Gasteiger partial charge in [-0.1, -0.05) is 103 Å². The topological polar surface area (TPSA) is 112 Å². The van der Waals surface area contributed by atoms with Crippen molar-refractivity contribution in [2.24, 2.45) is 0 Å². The number of carbonyl (C=O) groups excluding carboxylic acids is 2. The molecule has 276 valence electrons. The molecule has 1 aliphatic rings. The summed E-state index contributed by atoms with van der Waals surface area (Å²) in [6, 6.07) is 12.9. The monoisotopic (exact) mass is 692 g/mol. The maximum absolute atomic E-state index is 11.9. The first-order chi connectivity index (χ1) is 24.3. The molecule has 0 unspecified atom stereocenters. The predicted molar refractivity (Wildman–Crippen MR) is 197 cm³/mol. The van der Waals surface area contributed by atoms with Gasteiger partial charge in [0.2, 0.25) is 13.6 Å². The van der Waals surface area contributed by atoms with Crippen molar-refractivity contribution in [3.8, 4) is 11.5 Å². The lowest BCUT2D eigenvalue weighted by atomic mass is 9.75. The van der Waals surface area contributed by atoms with E-state index in [0.717, 1.165) is 74.0 Å². The van der Waals surface area contributed by atoms with Gasteiger partial charge in [-0.2, -0.15) is 0 Å². The van der Waals surface area contributed by atoms with E-state index in [1.807, 2.05) is 12.1 Å². The summed E-state index contributed by atoms with van der Waals surface area (Å²) in [5, 5.41) is 18.3. The Bertz CT molecular complexity index is 1250. The van der Waals surface area contributed by atoms with Gasteiger partial charge in [0.1, 0.15) is 11.5 Å². The molecule has 1 fully saturated rings. The van der Waals surface area contributed by atoms with Crippen LogP contribution in [0.2, 0.25) is 0 Å². The zero-order valence-electron chi connectivity index (χ0n) is 30.5. The number of aliphatic hydroxyl groups excluding tert-OH is 2. The summed E-state index contributed by atoms with van der Waals surface area (Å²) < 4.78 is 22.1. The van der Waals surface area contributed by atoms with Crippen molar-refractivity contribution >= 4 is 11.9 Å². The van der Waals surface area contributed by atoms with Gasteiger partial charge in [-0.15, -0.1) is 0 Å². The third kappa shape index (κ3) is 13.6. The molecule has 1 aliphatic carbocycles. The van der Waals surface area contributed by atoms with Crippen molar-refractivity contribution in [1.29, 1.82) is 0 Å². The van der Waals surface area contributed by atoms with Crippen LogP contribution < -0.4 is 9.47 Å². The molecular weight excluding hydrogens is 632 g/mol. The van der Waals surface area contributed by atoms with E-state index in [0.29, 0.717) is 11.8 Å². The molecule has 8 heteroatoms. The molecule has 2 aromatic rings. The van der Waals surface area contributed by atoms with Crippen LogP contribution in [0.15, 0.2) is 60.7 Å². The summed E-state index contributed by atoms with van der Waals surface area (Å²) in [7, 11) is 0. The number of ether oxygens (including phenoxy) is 4. The average molecular weight is 693 g/mol. The summed E-state index contributed by atoms with van der Waals surface area (Å²) in [6.07, 6.45) is 18.0. The van der Waals surface area contributed by atoms with Crippen LogP contribution in [-0.4, -0.2) is 49.0 Å². The SMILES string of the molecule is C=C(CO)C(=O)OCOc1ccc(C2CCC(c3ccc(OCOC(=O)C(=C)CO)c(CCCCCCC)c3)CC2)cc1CCCCCCC. The highest BCUT2D eigenvalue weighted by Gasteiger charge is 2.25. The molecule has 0 spiro atoms. The lowest BCUT2D eigenvalue weighted by Crippen LogP contribution is -2.15. The average Bonchev–Trinajstić information content (AvgIpc) is 3.14. The van der Waals surface area contributed by atoms with E-state index in [1.54, 1.807) is 0 Å². The molecule has 8 nitrogen and oxygen atoms in total. The first kappa shape index (κ1) is 40.8. The zero-order valence-corrected chi connectivity index (χ0v) is 30.5. The third-order valence-corrected chi connectivity index (χ3v) is 9.71. The molecule has 3 rings (SSSR count). The zero-order chi connectivity index (χ0) is 36.1. The van der Waals surface area contributed by atoms with Crippen LogP contribution in [0.25, 0.3) is 0 Å². The minimum absolute atomic E-state index is 0.00288. The second-order valence-corrected chi connectivity index (χ2v) is 13.5. The Hall–Kier alpha value is -3.62. The van der Waals surface area contributed by atoms with Gasteiger partial charge in [0, 0.05) is 0 Å². The van der Waals surface area contributed by atoms with E-state index < -0.39 is 25.2 Å². The summed E-state index contributed by atoms with van der Waals surface area (Å²) in [6.45, 7) is 10.1. The smallest absolute Gasteiger partial charge is 0.338 e. The van der Waals surface area contributed by atoms with Crippen LogP contribution in [0.5, 0.6) is 11.5 Å². The molecule has 0 amide bonds. The molecule has 0 atom stereocenters. The maximum Gasteiger partial charge on any atom is 0.338 e. The lowest BCUT2D eigenvalue weighted by molar-refractivity contribution is -0.146. The highest BCUT2D eigenvalue weighted by Crippen LogP contribution is 2.42. The first-order valence-electron chi connectivity index (χ1n) is 18.7. The fraction of sp³-hybridized carbons (Fsp3) is 0.571. The maximum atomic E-state index is 11.9. The molecule has 0 aliphatic heterocycles.